The van der Waals surface area contributed by atoms with Crippen LogP contribution in [-0.2, 0) is 9.53 Å². The van der Waals surface area contributed by atoms with E-state index in [-0.39, 0.29) is 35.3 Å². The highest BCUT2D eigenvalue weighted by atomic mass is 32.2. The van der Waals surface area contributed by atoms with Crippen LogP contribution in [0.5, 0.6) is 0 Å². The minimum Gasteiger partial charge on any atom is -0.348 e. The lowest BCUT2D eigenvalue weighted by Gasteiger charge is -2.56. The molecule has 1 aromatic rings. The van der Waals surface area contributed by atoms with Crippen molar-refractivity contribution in [1.82, 2.24) is 25.3 Å². The summed E-state index contributed by atoms with van der Waals surface area (Å²) in [4.78, 5) is 20.2. The van der Waals surface area contributed by atoms with E-state index in [1.165, 1.54) is 12.5 Å². The average Bonchev–Trinajstić information content (AvgIpc) is 3.39. The summed E-state index contributed by atoms with van der Waals surface area (Å²) in [5, 5.41) is 17.1. The summed E-state index contributed by atoms with van der Waals surface area (Å²) in [5.74, 6) is 0.202. The number of thioether (sulfide) groups is 1. The fourth-order valence-corrected chi connectivity index (χ4v) is 9.52. The van der Waals surface area contributed by atoms with Gasteiger partial charge in [0.05, 0.1) is 31.3 Å². The van der Waals surface area contributed by atoms with Gasteiger partial charge in [-0.1, -0.05) is 24.8 Å². The van der Waals surface area contributed by atoms with Gasteiger partial charge in [0.15, 0.2) is 6.35 Å². The number of benzene rings is 1. The lowest BCUT2D eigenvalue weighted by atomic mass is 9.72. The number of rotatable bonds is 6. The summed E-state index contributed by atoms with van der Waals surface area (Å²) in [6.45, 7) is 7.35. The van der Waals surface area contributed by atoms with Crippen LogP contribution >= 0.6 is 11.8 Å². The van der Waals surface area contributed by atoms with E-state index >= 15 is 4.39 Å². The van der Waals surface area contributed by atoms with Gasteiger partial charge >= 0.3 is 0 Å². The van der Waals surface area contributed by atoms with Crippen LogP contribution in [0.4, 0.5) is 4.39 Å². The molecule has 222 valence electrons. The van der Waals surface area contributed by atoms with Crippen molar-refractivity contribution in [2.75, 3.05) is 39.8 Å². The summed E-state index contributed by atoms with van der Waals surface area (Å²) >= 11 is 1.87. The molecule has 0 aromatic heterocycles. The van der Waals surface area contributed by atoms with Gasteiger partial charge in [0, 0.05) is 47.3 Å². The lowest BCUT2D eigenvalue weighted by molar-refractivity contribution is -0.135. The van der Waals surface area contributed by atoms with Crippen LogP contribution in [0.3, 0.4) is 0 Å². The highest BCUT2D eigenvalue weighted by Crippen LogP contribution is 2.56. The molecule has 8 nitrogen and oxygen atoms in total. The molecule has 7 unspecified atom stereocenters. The second-order valence-corrected chi connectivity index (χ2v) is 14.0. The Balaban J connectivity index is 1.22. The van der Waals surface area contributed by atoms with E-state index in [0.29, 0.717) is 44.5 Å². The van der Waals surface area contributed by atoms with Gasteiger partial charge in [0.2, 0.25) is 5.91 Å². The second kappa shape index (κ2) is 12.3. The van der Waals surface area contributed by atoms with Crippen LogP contribution in [0.2, 0.25) is 0 Å². The number of nitrogens with zero attached hydrogens (tertiary/aromatic N) is 4. The van der Waals surface area contributed by atoms with E-state index in [0.717, 1.165) is 49.2 Å². The number of ether oxygens (including phenoxy) is 1. The van der Waals surface area contributed by atoms with Crippen molar-refractivity contribution in [2.45, 2.75) is 91.4 Å². The summed E-state index contributed by atoms with van der Waals surface area (Å²) in [6.07, 6.45) is 6.15. The number of likely N-dealkylation sites (tertiary alicyclic amines) is 1. The Morgan fingerprint density at radius 1 is 1.24 bits per heavy atom. The number of nitriles is 1. The molecule has 8 atom stereocenters. The predicted molar refractivity (Wildman–Crippen MR) is 158 cm³/mol. The van der Waals surface area contributed by atoms with Crippen LogP contribution < -0.4 is 10.6 Å². The average molecular weight is 583 g/mol. The Labute approximate surface area is 247 Å². The molecule has 4 aliphatic heterocycles. The van der Waals surface area contributed by atoms with Gasteiger partial charge in [-0.05, 0) is 69.8 Å². The van der Waals surface area contributed by atoms with E-state index in [2.05, 4.69) is 46.2 Å². The van der Waals surface area contributed by atoms with E-state index in [1.54, 1.807) is 4.90 Å². The molecule has 1 aliphatic carbocycles. The SMILES string of the molecule is C=CC(=O)N1CCN(C2NC(OCC3CCCN3C)NC3C[C@@]4(CCC32)CC(F)c2ccccc2S4)CC1CC#N. The van der Waals surface area contributed by atoms with Crippen molar-refractivity contribution in [3.63, 3.8) is 0 Å². The summed E-state index contributed by atoms with van der Waals surface area (Å²) in [7, 11) is 2.16. The smallest absolute Gasteiger partial charge is 0.246 e. The minimum absolute atomic E-state index is 0.0501. The maximum Gasteiger partial charge on any atom is 0.246 e. The summed E-state index contributed by atoms with van der Waals surface area (Å²) < 4.78 is 21.9. The molecule has 4 fully saturated rings. The van der Waals surface area contributed by atoms with Gasteiger partial charge in [-0.2, -0.15) is 5.26 Å². The second-order valence-electron chi connectivity index (χ2n) is 12.5. The van der Waals surface area contributed by atoms with Crippen LogP contribution in [0.15, 0.2) is 41.8 Å². The Morgan fingerprint density at radius 2 is 2.10 bits per heavy atom. The number of carbonyl (C=O) groups excluding carboxylic acids is 1. The van der Waals surface area contributed by atoms with Crippen molar-refractivity contribution in [1.29, 1.82) is 5.26 Å². The first-order valence-electron chi connectivity index (χ1n) is 15.2. The summed E-state index contributed by atoms with van der Waals surface area (Å²) in [6, 6.07) is 10.7. The van der Waals surface area contributed by atoms with Crippen LogP contribution in [0.25, 0.3) is 0 Å². The van der Waals surface area contributed by atoms with Crippen molar-refractivity contribution in [3.8, 4) is 6.07 Å². The van der Waals surface area contributed by atoms with Crippen molar-refractivity contribution >= 4 is 17.7 Å². The molecule has 3 saturated heterocycles. The molecule has 5 aliphatic rings. The number of halogens is 1. The van der Waals surface area contributed by atoms with E-state index in [9.17, 15) is 10.1 Å². The third-order valence-corrected chi connectivity index (χ3v) is 11.7. The number of amides is 1. The zero-order valence-electron chi connectivity index (χ0n) is 24.0. The molecule has 1 amide bonds. The quantitative estimate of drug-likeness (QED) is 0.493. The number of hydrogen-bond donors (Lipinski definition) is 2. The predicted octanol–water partition coefficient (Wildman–Crippen LogP) is 3.63. The topological polar surface area (TPSA) is 83.9 Å². The lowest BCUT2D eigenvalue weighted by Crippen LogP contribution is -2.72. The largest absolute Gasteiger partial charge is 0.348 e. The van der Waals surface area contributed by atoms with Crippen molar-refractivity contribution < 1.29 is 13.9 Å². The normalized spacial score (nSPS) is 37.8. The molecular formula is C31H43FN6O2S. The van der Waals surface area contributed by atoms with Crippen molar-refractivity contribution in [2.24, 2.45) is 5.92 Å². The molecule has 1 aromatic carbocycles. The zero-order valence-corrected chi connectivity index (χ0v) is 24.8. The number of hydrogen-bond acceptors (Lipinski definition) is 8. The van der Waals surface area contributed by atoms with Gasteiger partial charge in [-0.3, -0.25) is 20.3 Å². The van der Waals surface area contributed by atoms with Gasteiger partial charge in [-0.15, -0.1) is 11.8 Å². The molecule has 0 radical (unpaired) electrons. The molecule has 6 rings (SSSR count). The summed E-state index contributed by atoms with van der Waals surface area (Å²) in [5.41, 5.74) is 0.832. The number of fused-ring (bicyclic) bond motifs is 2. The fourth-order valence-electron chi connectivity index (χ4n) is 7.88. The Bertz CT molecular complexity index is 1170. The van der Waals surface area contributed by atoms with Gasteiger partial charge < -0.3 is 14.5 Å². The maximum atomic E-state index is 15.5. The molecular weight excluding hydrogens is 539 g/mol. The molecule has 2 N–H and O–H groups in total. The number of likely N-dealkylation sites (N-methyl/N-ethyl adjacent to an activating group) is 1. The van der Waals surface area contributed by atoms with Crippen molar-refractivity contribution in [3.05, 3.63) is 42.5 Å². The Kier molecular flexibility index (Phi) is 8.74. The monoisotopic (exact) mass is 582 g/mol. The molecule has 10 heteroatoms. The zero-order chi connectivity index (χ0) is 28.6. The van der Waals surface area contributed by atoms with E-state index in [4.69, 9.17) is 4.74 Å². The number of alkyl halides is 1. The maximum absolute atomic E-state index is 15.5. The molecule has 1 spiro atoms. The number of piperazine rings is 1. The minimum atomic E-state index is -0.936. The van der Waals surface area contributed by atoms with E-state index < -0.39 is 6.17 Å². The van der Waals surface area contributed by atoms with Crippen LogP contribution in [-0.4, -0.2) is 95.8 Å². The third kappa shape index (κ3) is 5.95. The molecule has 0 bridgehead atoms. The fraction of sp³-hybridized carbons (Fsp3) is 0.677. The third-order valence-electron chi connectivity index (χ3n) is 10.1. The van der Waals surface area contributed by atoms with E-state index in [1.807, 2.05) is 30.0 Å². The molecule has 41 heavy (non-hydrogen) atoms. The molecule has 4 heterocycles. The highest BCUT2D eigenvalue weighted by Gasteiger charge is 2.51. The first-order valence-corrected chi connectivity index (χ1v) is 16.0. The first-order chi connectivity index (χ1) is 19.9. The van der Waals surface area contributed by atoms with Gasteiger partial charge in [0.25, 0.3) is 0 Å². The Morgan fingerprint density at radius 3 is 2.88 bits per heavy atom. The highest BCUT2D eigenvalue weighted by molar-refractivity contribution is 8.00. The Hall–Kier alpha value is -2.00. The number of carbonyl (C=O) groups is 1. The van der Waals surface area contributed by atoms with Crippen LogP contribution in [0.1, 0.15) is 56.7 Å². The standard InChI is InChI=1S/C31H43FN6O2S/c1-3-28(39)38-16-15-37(19-21(38)11-13-33)29-24-10-12-31(17-25(32)23-8-4-5-9-27(23)41-31)18-26(24)34-30(35-29)40-20-22-7-6-14-36(22)2/h3-5,8-9,21-22,24-26,29-30,34-35H,1,6-7,10-12,14-20H2,2H3/t21?,22?,24?,25?,26?,29?,30?,31-/m1/s1. The molecule has 1 saturated carbocycles. The van der Waals surface area contributed by atoms with Gasteiger partial charge in [0.1, 0.15) is 6.17 Å². The number of nitrogens with one attached hydrogen (secondary N) is 2. The van der Waals surface area contributed by atoms with Crippen LogP contribution in [0, 0.1) is 17.2 Å². The van der Waals surface area contributed by atoms with Gasteiger partial charge in [-0.25, -0.2) is 4.39 Å². The first kappa shape index (κ1) is 29.1.